The SMILES string of the molecule is O=C(NCCNC(=O)c1cccc2ccccc12)c1cccc2ccccc12. The highest BCUT2D eigenvalue weighted by Gasteiger charge is 2.11. The lowest BCUT2D eigenvalue weighted by atomic mass is 10.0. The Bertz CT molecular complexity index is 1060. The Balaban J connectivity index is 1.38. The summed E-state index contributed by atoms with van der Waals surface area (Å²) in [6.07, 6.45) is 0. The quantitative estimate of drug-likeness (QED) is 0.520. The minimum Gasteiger partial charge on any atom is -0.350 e. The van der Waals surface area contributed by atoms with Crippen LogP contribution in [-0.4, -0.2) is 24.9 Å². The van der Waals surface area contributed by atoms with Gasteiger partial charge in [-0.05, 0) is 33.7 Å². The van der Waals surface area contributed by atoms with Crippen LogP contribution in [0.5, 0.6) is 0 Å². The van der Waals surface area contributed by atoms with Crippen LogP contribution in [0.15, 0.2) is 84.9 Å². The molecule has 0 bridgehead atoms. The summed E-state index contributed by atoms with van der Waals surface area (Å²) in [5, 5.41) is 9.65. The molecule has 2 N–H and O–H groups in total. The zero-order chi connectivity index (χ0) is 19.3. The van der Waals surface area contributed by atoms with Gasteiger partial charge in [-0.2, -0.15) is 0 Å². The van der Waals surface area contributed by atoms with Gasteiger partial charge in [0, 0.05) is 24.2 Å². The normalized spacial score (nSPS) is 10.7. The molecule has 0 heterocycles. The highest BCUT2D eigenvalue weighted by atomic mass is 16.2. The molecule has 0 fully saturated rings. The first-order valence-corrected chi connectivity index (χ1v) is 9.26. The van der Waals surface area contributed by atoms with Gasteiger partial charge in [-0.25, -0.2) is 0 Å². The number of amides is 2. The van der Waals surface area contributed by atoms with Crippen molar-refractivity contribution in [1.82, 2.24) is 10.6 Å². The standard InChI is InChI=1S/C24H20N2O2/c27-23(21-13-5-9-17-7-1-3-11-19(17)21)25-15-16-26-24(28)22-14-6-10-18-8-2-4-12-20(18)22/h1-14H,15-16H2,(H,25,27)(H,26,28). The second-order valence-corrected chi connectivity index (χ2v) is 6.57. The third-order valence-corrected chi connectivity index (χ3v) is 4.76. The molecule has 0 aliphatic carbocycles. The minimum absolute atomic E-state index is 0.142. The average Bonchev–Trinajstić information content (AvgIpc) is 2.75. The first kappa shape index (κ1) is 17.7. The molecular weight excluding hydrogens is 348 g/mol. The number of benzene rings is 4. The fourth-order valence-electron chi connectivity index (χ4n) is 3.39. The molecule has 0 radical (unpaired) electrons. The fourth-order valence-corrected chi connectivity index (χ4v) is 3.39. The van der Waals surface area contributed by atoms with Crippen LogP contribution in [0.25, 0.3) is 21.5 Å². The van der Waals surface area contributed by atoms with E-state index in [4.69, 9.17) is 0 Å². The van der Waals surface area contributed by atoms with Crippen LogP contribution in [0.3, 0.4) is 0 Å². The smallest absolute Gasteiger partial charge is 0.251 e. The largest absolute Gasteiger partial charge is 0.350 e. The van der Waals surface area contributed by atoms with Crippen molar-refractivity contribution >= 4 is 33.4 Å². The molecule has 28 heavy (non-hydrogen) atoms. The molecule has 138 valence electrons. The molecule has 0 unspecified atom stereocenters. The summed E-state index contributed by atoms with van der Waals surface area (Å²) in [5.74, 6) is -0.285. The molecule has 0 aliphatic heterocycles. The van der Waals surface area contributed by atoms with Gasteiger partial charge in [-0.3, -0.25) is 9.59 Å². The Morgan fingerprint density at radius 3 is 1.39 bits per heavy atom. The number of rotatable bonds is 5. The van der Waals surface area contributed by atoms with Crippen molar-refractivity contribution in [3.63, 3.8) is 0 Å². The lowest BCUT2D eigenvalue weighted by molar-refractivity contribution is 0.0929. The maximum atomic E-state index is 12.5. The second kappa shape index (κ2) is 7.92. The summed E-state index contributed by atoms with van der Waals surface area (Å²) in [4.78, 5) is 25.0. The maximum Gasteiger partial charge on any atom is 0.251 e. The molecule has 0 saturated heterocycles. The van der Waals surface area contributed by atoms with E-state index in [-0.39, 0.29) is 11.8 Å². The van der Waals surface area contributed by atoms with E-state index in [0.717, 1.165) is 21.5 Å². The van der Waals surface area contributed by atoms with Gasteiger partial charge in [0.2, 0.25) is 0 Å². The van der Waals surface area contributed by atoms with Gasteiger partial charge in [0.05, 0.1) is 0 Å². The zero-order valence-electron chi connectivity index (χ0n) is 15.3. The summed E-state index contributed by atoms with van der Waals surface area (Å²) in [6, 6.07) is 26.9. The van der Waals surface area contributed by atoms with Gasteiger partial charge in [0.15, 0.2) is 0 Å². The molecule has 4 nitrogen and oxygen atoms in total. The summed E-state index contributed by atoms with van der Waals surface area (Å²) in [7, 11) is 0. The number of fused-ring (bicyclic) bond motifs is 2. The van der Waals surface area contributed by atoms with E-state index in [2.05, 4.69) is 10.6 Å². The van der Waals surface area contributed by atoms with Gasteiger partial charge >= 0.3 is 0 Å². The lowest BCUT2D eigenvalue weighted by Crippen LogP contribution is -2.34. The minimum atomic E-state index is -0.142. The lowest BCUT2D eigenvalue weighted by Gasteiger charge is -2.10. The van der Waals surface area contributed by atoms with E-state index in [1.807, 2.05) is 84.9 Å². The number of hydrogen-bond acceptors (Lipinski definition) is 2. The molecule has 0 saturated carbocycles. The molecule has 0 aliphatic rings. The van der Waals surface area contributed by atoms with Crippen LogP contribution in [0.1, 0.15) is 20.7 Å². The summed E-state index contributed by atoms with van der Waals surface area (Å²) in [5.41, 5.74) is 1.27. The Kier molecular flexibility index (Phi) is 5.02. The zero-order valence-corrected chi connectivity index (χ0v) is 15.3. The third-order valence-electron chi connectivity index (χ3n) is 4.76. The monoisotopic (exact) mass is 368 g/mol. The Morgan fingerprint density at radius 2 is 0.929 bits per heavy atom. The molecule has 2 amide bonds. The predicted octanol–water partition coefficient (Wildman–Crippen LogP) is 4.15. The highest BCUT2D eigenvalue weighted by Crippen LogP contribution is 2.19. The summed E-state index contributed by atoms with van der Waals surface area (Å²) >= 11 is 0. The molecule has 0 atom stereocenters. The van der Waals surface area contributed by atoms with Crippen LogP contribution < -0.4 is 10.6 Å². The van der Waals surface area contributed by atoms with Crippen molar-refractivity contribution in [2.24, 2.45) is 0 Å². The van der Waals surface area contributed by atoms with E-state index >= 15 is 0 Å². The summed E-state index contributed by atoms with van der Waals surface area (Å²) < 4.78 is 0. The topological polar surface area (TPSA) is 58.2 Å². The van der Waals surface area contributed by atoms with Crippen molar-refractivity contribution in [2.75, 3.05) is 13.1 Å². The molecule has 4 heteroatoms. The molecule has 0 aromatic heterocycles. The van der Waals surface area contributed by atoms with E-state index in [0.29, 0.717) is 24.2 Å². The number of hydrogen-bond donors (Lipinski definition) is 2. The third kappa shape index (κ3) is 3.58. The van der Waals surface area contributed by atoms with Crippen LogP contribution >= 0.6 is 0 Å². The highest BCUT2D eigenvalue weighted by molar-refractivity contribution is 6.08. The fraction of sp³-hybridized carbons (Fsp3) is 0.0833. The number of carbonyl (C=O) groups is 2. The van der Waals surface area contributed by atoms with E-state index < -0.39 is 0 Å². The van der Waals surface area contributed by atoms with Gasteiger partial charge < -0.3 is 10.6 Å². The first-order valence-electron chi connectivity index (χ1n) is 9.26. The molecular formula is C24H20N2O2. The first-order chi connectivity index (χ1) is 13.7. The van der Waals surface area contributed by atoms with Crippen LogP contribution in [0.4, 0.5) is 0 Å². The molecule has 0 spiro atoms. The number of nitrogens with one attached hydrogen (secondary N) is 2. The molecule has 4 rings (SSSR count). The van der Waals surface area contributed by atoms with Crippen molar-refractivity contribution in [3.05, 3.63) is 96.1 Å². The molecule has 4 aromatic carbocycles. The van der Waals surface area contributed by atoms with Crippen molar-refractivity contribution in [2.45, 2.75) is 0 Å². The maximum absolute atomic E-state index is 12.5. The average molecular weight is 368 g/mol. The van der Waals surface area contributed by atoms with Gasteiger partial charge in [0.1, 0.15) is 0 Å². The van der Waals surface area contributed by atoms with Crippen LogP contribution in [-0.2, 0) is 0 Å². The van der Waals surface area contributed by atoms with E-state index in [9.17, 15) is 9.59 Å². The van der Waals surface area contributed by atoms with E-state index in [1.54, 1.807) is 0 Å². The molecule has 4 aromatic rings. The van der Waals surface area contributed by atoms with Gasteiger partial charge in [0.25, 0.3) is 11.8 Å². The van der Waals surface area contributed by atoms with Crippen molar-refractivity contribution < 1.29 is 9.59 Å². The van der Waals surface area contributed by atoms with Crippen LogP contribution in [0, 0.1) is 0 Å². The van der Waals surface area contributed by atoms with Gasteiger partial charge in [-0.1, -0.05) is 72.8 Å². The Hall–Kier alpha value is -3.66. The van der Waals surface area contributed by atoms with Crippen molar-refractivity contribution in [3.8, 4) is 0 Å². The second-order valence-electron chi connectivity index (χ2n) is 6.57. The van der Waals surface area contributed by atoms with Crippen molar-refractivity contribution in [1.29, 1.82) is 0 Å². The Labute approximate surface area is 163 Å². The van der Waals surface area contributed by atoms with E-state index in [1.165, 1.54) is 0 Å². The predicted molar refractivity (Wildman–Crippen MR) is 113 cm³/mol. The van der Waals surface area contributed by atoms with Crippen LogP contribution in [0.2, 0.25) is 0 Å². The number of carbonyl (C=O) groups excluding carboxylic acids is 2. The summed E-state index contributed by atoms with van der Waals surface area (Å²) in [6.45, 7) is 0.719. The van der Waals surface area contributed by atoms with Gasteiger partial charge in [-0.15, -0.1) is 0 Å². The Morgan fingerprint density at radius 1 is 0.536 bits per heavy atom.